The van der Waals surface area contributed by atoms with Gasteiger partial charge < -0.3 is 16.2 Å². The van der Waals surface area contributed by atoms with E-state index in [1.54, 1.807) is 18.5 Å². The molecule has 9 heteroatoms. The lowest BCUT2D eigenvalue weighted by atomic mass is 9.99. The normalized spacial score (nSPS) is 13.3. The number of benzene rings is 2. The van der Waals surface area contributed by atoms with Gasteiger partial charge in [0, 0.05) is 48.5 Å². The fraction of sp³-hybridized carbons (Fsp3) is 0.226. The molecule has 3 aromatic heterocycles. The topological polar surface area (TPSA) is 131 Å². The highest BCUT2D eigenvalue weighted by Crippen LogP contribution is 2.20. The van der Waals surface area contributed by atoms with E-state index in [1.165, 1.54) is 4.52 Å². The SMILES string of the molecule is CCc1cc2cccc(C#CC3CCOCC3)c2c(=O)n1-c1ccccc1.NC(=O)c1c(N)nn2cccnc12. The van der Waals surface area contributed by atoms with Gasteiger partial charge >= 0.3 is 0 Å². The number of carbonyl (C=O) groups excluding carboxylic acids is 1. The number of nitrogens with two attached hydrogens (primary N) is 2. The van der Waals surface area contributed by atoms with E-state index >= 15 is 0 Å². The number of carbonyl (C=O) groups is 1. The summed E-state index contributed by atoms with van der Waals surface area (Å²) in [6.07, 6.45) is 5.91. The lowest BCUT2D eigenvalue weighted by molar-refractivity contribution is 0.0807. The third-order valence-electron chi connectivity index (χ3n) is 6.80. The van der Waals surface area contributed by atoms with Gasteiger partial charge in [-0.2, -0.15) is 0 Å². The molecule has 1 fully saturated rings. The number of anilines is 1. The molecular weight excluding hydrogens is 504 g/mol. The van der Waals surface area contributed by atoms with Gasteiger partial charge in [-0.3, -0.25) is 14.2 Å². The van der Waals surface area contributed by atoms with Gasteiger partial charge in [-0.15, -0.1) is 5.10 Å². The van der Waals surface area contributed by atoms with Crippen molar-refractivity contribution in [1.82, 2.24) is 19.2 Å². The number of hydrogen-bond donors (Lipinski definition) is 2. The molecule has 0 bridgehead atoms. The van der Waals surface area contributed by atoms with Gasteiger partial charge in [0.25, 0.3) is 11.5 Å². The molecule has 0 atom stereocenters. The Kier molecular flexibility index (Phi) is 7.89. The van der Waals surface area contributed by atoms with Crippen molar-refractivity contribution in [3.8, 4) is 17.5 Å². The number of rotatable bonds is 3. The third kappa shape index (κ3) is 5.44. The first kappa shape index (κ1) is 26.7. The maximum Gasteiger partial charge on any atom is 0.264 e. The van der Waals surface area contributed by atoms with E-state index in [2.05, 4.69) is 34.9 Å². The number of nitrogen functional groups attached to an aromatic ring is 1. The zero-order valence-electron chi connectivity index (χ0n) is 22.2. The average Bonchev–Trinajstić information content (AvgIpc) is 3.33. The molecule has 0 saturated carbocycles. The molecule has 202 valence electrons. The van der Waals surface area contributed by atoms with Gasteiger partial charge in [0.2, 0.25) is 0 Å². The second kappa shape index (κ2) is 11.8. The van der Waals surface area contributed by atoms with Crippen LogP contribution in [-0.4, -0.2) is 38.3 Å². The summed E-state index contributed by atoms with van der Waals surface area (Å²) in [5.74, 6) is 6.49. The molecule has 1 aliphatic rings. The van der Waals surface area contributed by atoms with Gasteiger partial charge in [-0.05, 0) is 55.0 Å². The number of nitrogens with zero attached hydrogens (tertiary/aromatic N) is 4. The van der Waals surface area contributed by atoms with Crippen molar-refractivity contribution in [2.45, 2.75) is 26.2 Å². The van der Waals surface area contributed by atoms with Crippen LogP contribution in [-0.2, 0) is 11.2 Å². The molecule has 2 aromatic carbocycles. The Morgan fingerprint density at radius 2 is 1.88 bits per heavy atom. The molecule has 0 radical (unpaired) electrons. The number of pyridine rings is 1. The predicted octanol–water partition coefficient (Wildman–Crippen LogP) is 3.74. The summed E-state index contributed by atoms with van der Waals surface area (Å²) in [5.41, 5.74) is 13.9. The highest BCUT2D eigenvalue weighted by Gasteiger charge is 2.16. The summed E-state index contributed by atoms with van der Waals surface area (Å²) >= 11 is 0. The summed E-state index contributed by atoms with van der Waals surface area (Å²) in [6, 6.07) is 19.6. The number of hydrogen-bond acceptors (Lipinski definition) is 6. The second-order valence-electron chi connectivity index (χ2n) is 9.40. The molecule has 1 saturated heterocycles. The molecule has 1 amide bonds. The van der Waals surface area contributed by atoms with Crippen molar-refractivity contribution >= 4 is 28.1 Å². The summed E-state index contributed by atoms with van der Waals surface area (Å²) in [4.78, 5) is 28.3. The lowest BCUT2D eigenvalue weighted by Crippen LogP contribution is -2.22. The zero-order chi connectivity index (χ0) is 28.1. The van der Waals surface area contributed by atoms with Crippen LogP contribution in [0.5, 0.6) is 0 Å². The molecule has 4 heterocycles. The predicted molar refractivity (Wildman–Crippen MR) is 155 cm³/mol. The van der Waals surface area contributed by atoms with Crippen molar-refractivity contribution in [3.63, 3.8) is 0 Å². The molecule has 4 N–H and O–H groups in total. The largest absolute Gasteiger partial charge is 0.381 e. The van der Waals surface area contributed by atoms with Gasteiger partial charge in [0.1, 0.15) is 5.56 Å². The van der Waals surface area contributed by atoms with E-state index in [1.807, 2.05) is 53.1 Å². The van der Waals surface area contributed by atoms with E-state index in [0.717, 1.165) is 54.8 Å². The minimum Gasteiger partial charge on any atom is -0.381 e. The van der Waals surface area contributed by atoms with Crippen molar-refractivity contribution in [1.29, 1.82) is 0 Å². The van der Waals surface area contributed by atoms with Gasteiger partial charge in [-0.1, -0.05) is 49.1 Å². The number of fused-ring (bicyclic) bond motifs is 2. The van der Waals surface area contributed by atoms with Crippen molar-refractivity contribution in [2.24, 2.45) is 11.7 Å². The van der Waals surface area contributed by atoms with E-state index in [-0.39, 0.29) is 16.9 Å². The second-order valence-corrected chi connectivity index (χ2v) is 9.40. The average molecular weight is 535 g/mol. The van der Waals surface area contributed by atoms with Crippen LogP contribution in [0.4, 0.5) is 5.82 Å². The van der Waals surface area contributed by atoms with Gasteiger partial charge in [0.15, 0.2) is 11.5 Å². The summed E-state index contributed by atoms with van der Waals surface area (Å²) in [7, 11) is 0. The minimum absolute atomic E-state index is 0.00688. The Labute approximate surface area is 231 Å². The fourth-order valence-electron chi connectivity index (χ4n) is 4.80. The summed E-state index contributed by atoms with van der Waals surface area (Å²) in [5, 5.41) is 5.53. The van der Waals surface area contributed by atoms with E-state index in [0.29, 0.717) is 17.0 Å². The van der Waals surface area contributed by atoms with Crippen LogP contribution in [0, 0.1) is 17.8 Å². The van der Waals surface area contributed by atoms with Crippen LogP contribution >= 0.6 is 0 Å². The van der Waals surface area contributed by atoms with Crippen LogP contribution in [0.1, 0.15) is 41.4 Å². The Hall–Kier alpha value is -4.94. The monoisotopic (exact) mass is 534 g/mol. The van der Waals surface area contributed by atoms with E-state index in [4.69, 9.17) is 16.2 Å². The minimum atomic E-state index is -0.619. The quantitative estimate of drug-likeness (QED) is 0.339. The Bertz CT molecular complexity index is 1790. The maximum absolute atomic E-state index is 13.5. The third-order valence-corrected chi connectivity index (χ3v) is 6.80. The van der Waals surface area contributed by atoms with E-state index < -0.39 is 5.91 Å². The molecule has 1 aliphatic heterocycles. The molecular formula is C31H30N6O3. The number of aromatic nitrogens is 4. The Morgan fingerprint density at radius 3 is 2.60 bits per heavy atom. The van der Waals surface area contributed by atoms with Gasteiger partial charge in [-0.25, -0.2) is 9.50 Å². The van der Waals surface area contributed by atoms with Crippen molar-refractivity contribution in [2.75, 3.05) is 18.9 Å². The van der Waals surface area contributed by atoms with Crippen LogP contribution in [0.3, 0.4) is 0 Å². The molecule has 0 aliphatic carbocycles. The summed E-state index contributed by atoms with van der Waals surface area (Å²) < 4.78 is 8.64. The van der Waals surface area contributed by atoms with Crippen molar-refractivity contribution in [3.05, 3.63) is 100 Å². The van der Waals surface area contributed by atoms with E-state index in [9.17, 15) is 9.59 Å². The molecule has 6 rings (SSSR count). The number of aryl methyl sites for hydroxylation is 1. The molecule has 0 spiro atoms. The smallest absolute Gasteiger partial charge is 0.264 e. The first-order chi connectivity index (χ1) is 19.5. The standard InChI is InChI=1S/C24H23NO2.C7H7N5O/c1-2-21-17-20-8-6-7-19(12-11-18-13-15-27-16-14-18)23(20)24(26)25(21)22-9-4-3-5-10-22;8-5-4(6(9)13)7-10-2-1-3-12(7)11-5/h3-10,17-18H,2,13-16H2,1H3;1-3H,(H2,8,11)(H2,9,13). The number of ether oxygens (including phenoxy) is 1. The summed E-state index contributed by atoms with van der Waals surface area (Å²) in [6.45, 7) is 3.62. The lowest BCUT2D eigenvalue weighted by Gasteiger charge is -2.16. The maximum atomic E-state index is 13.5. The first-order valence-electron chi connectivity index (χ1n) is 13.2. The Balaban J connectivity index is 0.000000207. The molecule has 40 heavy (non-hydrogen) atoms. The van der Waals surface area contributed by atoms with Gasteiger partial charge in [0.05, 0.1) is 5.39 Å². The number of amides is 1. The molecule has 0 unspecified atom stereocenters. The first-order valence-corrected chi connectivity index (χ1v) is 13.2. The zero-order valence-corrected chi connectivity index (χ0v) is 22.2. The van der Waals surface area contributed by atoms with Crippen LogP contribution in [0.25, 0.3) is 22.1 Å². The Morgan fingerprint density at radius 1 is 1.10 bits per heavy atom. The fourth-order valence-corrected chi connectivity index (χ4v) is 4.80. The molecule has 5 aromatic rings. The number of para-hydroxylation sites is 1. The highest BCUT2D eigenvalue weighted by atomic mass is 16.5. The molecule has 9 nitrogen and oxygen atoms in total. The van der Waals surface area contributed by atoms with Crippen molar-refractivity contribution < 1.29 is 9.53 Å². The van der Waals surface area contributed by atoms with Crippen LogP contribution in [0.2, 0.25) is 0 Å². The highest BCUT2D eigenvalue weighted by molar-refractivity contribution is 6.03. The van der Waals surface area contributed by atoms with Crippen LogP contribution in [0.15, 0.2) is 77.9 Å². The number of primary amides is 1. The van der Waals surface area contributed by atoms with Crippen LogP contribution < -0.4 is 17.0 Å².